The highest BCUT2D eigenvalue weighted by Gasteiger charge is 2.14. The van der Waals surface area contributed by atoms with E-state index in [1.54, 1.807) is 11.9 Å². The number of rotatable bonds is 39. The summed E-state index contributed by atoms with van der Waals surface area (Å²) in [5.41, 5.74) is 0. The first-order valence-corrected chi connectivity index (χ1v) is 23.0. The van der Waals surface area contributed by atoms with Crippen molar-refractivity contribution < 1.29 is 19.1 Å². The fraction of sp³-hybridized carbons (Fsp3) is 0.953. The second kappa shape index (κ2) is 46.2. The topological polar surface area (TPSA) is 76.7 Å². The fourth-order valence-electron chi connectivity index (χ4n) is 6.18. The molecule has 0 aliphatic heterocycles. The molecular formula is C43H88N2O4S. The summed E-state index contributed by atoms with van der Waals surface area (Å²) in [5, 5.41) is 3.58. The van der Waals surface area contributed by atoms with Crippen LogP contribution in [0.15, 0.2) is 0 Å². The normalized spacial score (nSPS) is 11.1. The highest BCUT2D eigenvalue weighted by atomic mass is 32.2. The quantitative estimate of drug-likeness (QED) is 0.0371. The van der Waals surface area contributed by atoms with Gasteiger partial charge < -0.3 is 14.8 Å². The van der Waals surface area contributed by atoms with Crippen molar-refractivity contribution in [2.45, 2.75) is 232 Å². The Hall–Kier alpha value is -0.790. The zero-order chi connectivity index (χ0) is 37.0. The molecule has 0 aliphatic carbocycles. The maximum absolute atomic E-state index is 12.6. The van der Waals surface area contributed by atoms with E-state index < -0.39 is 0 Å². The average Bonchev–Trinajstić information content (AvgIpc) is 3.12. The van der Waals surface area contributed by atoms with Crippen LogP contribution in [0.3, 0.4) is 0 Å². The Morgan fingerprint density at radius 3 is 1.30 bits per heavy atom. The lowest BCUT2D eigenvalue weighted by Gasteiger charge is -2.18. The standard InChI is InChI=1S/C41H81NO4.C2H7NS/c1-4-7-10-13-18-25-32-39(33-26-19-14-11-8-5-2)46-41(44)35-28-21-17-23-30-37-42-36-29-22-16-20-27-34-40(43)45-38-31-24-15-12-9-6-3;1-3-4-2/h39,42H,4-38H2,1-3H3;3H,1-2H3. The number of ether oxygens (including phenoxy) is 2. The SMILES string of the molecule is CCCCCCCCOC(=O)CCCCCCCNCCCCCCCC(=O)OC(CCCCCCCC)CCCCCCCC.CNSC. The van der Waals surface area contributed by atoms with E-state index in [9.17, 15) is 9.59 Å². The van der Waals surface area contributed by atoms with Crippen LogP contribution in [0.2, 0.25) is 0 Å². The number of carbonyl (C=O) groups is 2. The molecule has 0 fully saturated rings. The van der Waals surface area contributed by atoms with Crippen molar-refractivity contribution in [3.05, 3.63) is 0 Å². The van der Waals surface area contributed by atoms with Gasteiger partial charge in [0, 0.05) is 12.8 Å². The number of nitrogens with one attached hydrogen (secondary N) is 2. The second-order valence-corrected chi connectivity index (χ2v) is 15.2. The average molecular weight is 729 g/mol. The molecule has 0 spiro atoms. The minimum absolute atomic E-state index is 0.0126. The van der Waals surface area contributed by atoms with Gasteiger partial charge in [0.05, 0.1) is 6.61 Å². The van der Waals surface area contributed by atoms with Crippen molar-refractivity contribution >= 4 is 23.9 Å². The van der Waals surface area contributed by atoms with Crippen LogP contribution in [0.1, 0.15) is 226 Å². The Kier molecular flexibility index (Phi) is 47.4. The molecule has 7 heteroatoms. The summed E-state index contributed by atoms with van der Waals surface area (Å²) in [7, 11) is 1.89. The molecule has 0 heterocycles. The monoisotopic (exact) mass is 729 g/mol. The van der Waals surface area contributed by atoms with Gasteiger partial charge in [-0.1, -0.05) is 168 Å². The van der Waals surface area contributed by atoms with Crippen molar-refractivity contribution in [1.29, 1.82) is 0 Å². The van der Waals surface area contributed by atoms with Crippen molar-refractivity contribution in [2.24, 2.45) is 0 Å². The van der Waals surface area contributed by atoms with Gasteiger partial charge in [0.15, 0.2) is 0 Å². The second-order valence-electron chi connectivity index (χ2n) is 14.4. The molecule has 2 N–H and O–H groups in total. The van der Waals surface area contributed by atoms with Gasteiger partial charge >= 0.3 is 11.9 Å². The molecule has 0 aromatic carbocycles. The maximum Gasteiger partial charge on any atom is 0.306 e. The summed E-state index contributed by atoms with van der Waals surface area (Å²) in [5.74, 6) is 0.0217. The third-order valence-electron chi connectivity index (χ3n) is 9.49. The van der Waals surface area contributed by atoms with Crippen LogP contribution < -0.4 is 10.0 Å². The van der Waals surface area contributed by atoms with Crippen LogP contribution in [0.4, 0.5) is 0 Å². The molecule has 0 atom stereocenters. The van der Waals surface area contributed by atoms with Gasteiger partial charge in [0.2, 0.25) is 0 Å². The Morgan fingerprint density at radius 2 is 0.860 bits per heavy atom. The van der Waals surface area contributed by atoms with E-state index >= 15 is 0 Å². The predicted octanol–water partition coefficient (Wildman–Crippen LogP) is 13.1. The van der Waals surface area contributed by atoms with Crippen LogP contribution in [-0.2, 0) is 19.1 Å². The number of hydrogen-bond donors (Lipinski definition) is 2. The van der Waals surface area contributed by atoms with Gasteiger partial charge in [-0.3, -0.25) is 14.3 Å². The summed E-state index contributed by atoms with van der Waals surface area (Å²) in [6.07, 6.45) is 39.7. The molecule has 0 aromatic rings. The van der Waals surface area contributed by atoms with E-state index in [1.807, 2.05) is 13.3 Å². The Labute approximate surface area is 317 Å². The number of carbonyl (C=O) groups excluding carboxylic acids is 2. The first-order chi connectivity index (χ1) is 24.5. The molecule has 6 nitrogen and oxygen atoms in total. The van der Waals surface area contributed by atoms with E-state index in [4.69, 9.17) is 9.47 Å². The molecule has 0 saturated heterocycles. The van der Waals surface area contributed by atoms with Crippen molar-refractivity contribution in [1.82, 2.24) is 10.0 Å². The summed E-state index contributed by atoms with van der Waals surface area (Å²) < 4.78 is 14.2. The first-order valence-electron chi connectivity index (χ1n) is 21.8. The van der Waals surface area contributed by atoms with Crippen LogP contribution in [0.25, 0.3) is 0 Å². The summed E-state index contributed by atoms with van der Waals surface area (Å²) in [6, 6.07) is 0. The molecule has 0 rings (SSSR count). The minimum Gasteiger partial charge on any atom is -0.466 e. The molecule has 50 heavy (non-hydrogen) atoms. The fourth-order valence-corrected chi connectivity index (χ4v) is 6.18. The number of esters is 2. The van der Waals surface area contributed by atoms with Crippen LogP contribution in [0, 0.1) is 0 Å². The van der Waals surface area contributed by atoms with E-state index in [-0.39, 0.29) is 18.0 Å². The molecule has 0 saturated carbocycles. The molecule has 300 valence electrons. The van der Waals surface area contributed by atoms with Crippen molar-refractivity contribution in [3.8, 4) is 0 Å². The van der Waals surface area contributed by atoms with Gasteiger partial charge in [-0.05, 0) is 84.2 Å². The first kappa shape index (κ1) is 51.3. The van der Waals surface area contributed by atoms with Gasteiger partial charge in [-0.25, -0.2) is 0 Å². The summed E-state index contributed by atoms with van der Waals surface area (Å²) >= 11 is 1.61. The molecule has 0 bridgehead atoms. The highest BCUT2D eigenvalue weighted by molar-refractivity contribution is 7.96. The molecule has 0 aliphatic rings. The predicted molar refractivity (Wildman–Crippen MR) is 221 cm³/mol. The lowest BCUT2D eigenvalue weighted by molar-refractivity contribution is -0.150. The van der Waals surface area contributed by atoms with Gasteiger partial charge in [0.1, 0.15) is 6.10 Å². The van der Waals surface area contributed by atoms with Gasteiger partial charge in [-0.2, -0.15) is 0 Å². The van der Waals surface area contributed by atoms with Crippen LogP contribution in [0.5, 0.6) is 0 Å². The largest absolute Gasteiger partial charge is 0.466 e. The lowest BCUT2D eigenvalue weighted by atomic mass is 10.0. The third kappa shape index (κ3) is 45.2. The van der Waals surface area contributed by atoms with E-state index in [2.05, 4.69) is 30.8 Å². The van der Waals surface area contributed by atoms with Gasteiger partial charge in [0.25, 0.3) is 0 Å². The smallest absolute Gasteiger partial charge is 0.306 e. The van der Waals surface area contributed by atoms with Gasteiger partial charge in [-0.15, -0.1) is 0 Å². The van der Waals surface area contributed by atoms with Crippen LogP contribution in [-0.4, -0.2) is 51.0 Å². The van der Waals surface area contributed by atoms with E-state index in [1.165, 1.54) is 148 Å². The lowest BCUT2D eigenvalue weighted by Crippen LogP contribution is -2.18. The van der Waals surface area contributed by atoms with Crippen molar-refractivity contribution in [2.75, 3.05) is 33.0 Å². The van der Waals surface area contributed by atoms with E-state index in [0.29, 0.717) is 19.4 Å². The molecule has 0 radical (unpaired) electrons. The molecule has 0 unspecified atom stereocenters. The van der Waals surface area contributed by atoms with Crippen molar-refractivity contribution in [3.63, 3.8) is 0 Å². The Bertz CT molecular complexity index is 649. The Morgan fingerprint density at radius 1 is 0.500 bits per heavy atom. The third-order valence-corrected chi connectivity index (χ3v) is 9.90. The summed E-state index contributed by atoms with van der Waals surface area (Å²) in [4.78, 5) is 24.4. The maximum atomic E-state index is 12.6. The highest BCUT2D eigenvalue weighted by Crippen LogP contribution is 2.18. The molecule has 0 aromatic heterocycles. The minimum atomic E-state index is -0.0126. The summed E-state index contributed by atoms with van der Waals surface area (Å²) in [6.45, 7) is 9.54. The van der Waals surface area contributed by atoms with E-state index in [0.717, 1.165) is 58.0 Å². The molecule has 0 amide bonds. The Balaban J connectivity index is 0. The zero-order valence-corrected chi connectivity index (χ0v) is 35.2. The number of unbranched alkanes of at least 4 members (excludes halogenated alkanes) is 23. The molecular weight excluding hydrogens is 641 g/mol. The van der Waals surface area contributed by atoms with Crippen LogP contribution >= 0.6 is 11.9 Å². The zero-order valence-electron chi connectivity index (χ0n) is 34.4. The number of hydrogen-bond acceptors (Lipinski definition) is 7.